The maximum atomic E-state index is 5.70. The molecule has 0 bridgehead atoms. The number of nitrogens with one attached hydrogen (secondary N) is 1. The van der Waals surface area contributed by atoms with Crippen molar-refractivity contribution >= 4 is 38.0 Å². The standard InChI is InChI=1S/C18H14N2/c19-20-18-11-17-13-6-2-1-5-12(13)9-10-15(17)14-7-3-4-8-16(14)18/h1-11,20H,19H2. The highest BCUT2D eigenvalue weighted by atomic mass is 15.2. The minimum absolute atomic E-state index is 0.962. The van der Waals surface area contributed by atoms with Crippen LogP contribution >= 0.6 is 0 Å². The third-order valence-corrected chi connectivity index (χ3v) is 3.92. The van der Waals surface area contributed by atoms with Crippen molar-refractivity contribution in [2.24, 2.45) is 5.84 Å². The molecule has 0 fully saturated rings. The van der Waals surface area contributed by atoms with Gasteiger partial charge < -0.3 is 5.43 Å². The van der Waals surface area contributed by atoms with Gasteiger partial charge in [0.05, 0.1) is 5.69 Å². The van der Waals surface area contributed by atoms with Crippen LogP contribution < -0.4 is 11.3 Å². The second kappa shape index (κ2) is 4.22. The third-order valence-electron chi connectivity index (χ3n) is 3.92. The summed E-state index contributed by atoms with van der Waals surface area (Å²) >= 11 is 0. The van der Waals surface area contributed by atoms with E-state index in [1.54, 1.807) is 0 Å². The number of hydrogen-bond donors (Lipinski definition) is 2. The summed E-state index contributed by atoms with van der Waals surface area (Å²) in [6, 6.07) is 23.3. The fourth-order valence-electron chi connectivity index (χ4n) is 2.98. The predicted molar refractivity (Wildman–Crippen MR) is 86.8 cm³/mol. The summed E-state index contributed by atoms with van der Waals surface area (Å²) in [5.41, 5.74) is 3.79. The first-order valence-corrected chi connectivity index (χ1v) is 6.68. The van der Waals surface area contributed by atoms with Crippen molar-refractivity contribution in [2.75, 3.05) is 5.43 Å². The Morgan fingerprint density at radius 3 is 2.05 bits per heavy atom. The van der Waals surface area contributed by atoms with Crippen molar-refractivity contribution in [1.82, 2.24) is 0 Å². The number of fused-ring (bicyclic) bond motifs is 5. The lowest BCUT2D eigenvalue weighted by Gasteiger charge is -2.11. The van der Waals surface area contributed by atoms with Crippen molar-refractivity contribution in [1.29, 1.82) is 0 Å². The molecule has 0 amide bonds. The predicted octanol–water partition coefficient (Wildman–Crippen LogP) is 4.43. The molecule has 0 unspecified atom stereocenters. The number of rotatable bonds is 1. The first-order chi connectivity index (χ1) is 9.88. The molecule has 4 aromatic rings. The lowest BCUT2D eigenvalue weighted by Crippen LogP contribution is -2.07. The largest absolute Gasteiger partial charge is 0.323 e. The summed E-state index contributed by atoms with van der Waals surface area (Å²) in [6.45, 7) is 0. The van der Waals surface area contributed by atoms with Gasteiger partial charge in [0.15, 0.2) is 0 Å². The van der Waals surface area contributed by atoms with E-state index in [0.29, 0.717) is 0 Å². The molecule has 3 N–H and O–H groups in total. The topological polar surface area (TPSA) is 38.0 Å². The first-order valence-electron chi connectivity index (χ1n) is 6.68. The Kier molecular flexibility index (Phi) is 2.38. The number of nitrogens with two attached hydrogens (primary N) is 1. The summed E-state index contributed by atoms with van der Waals surface area (Å²) in [5, 5.41) is 7.38. The van der Waals surface area contributed by atoms with E-state index in [4.69, 9.17) is 5.84 Å². The molecule has 0 spiro atoms. The number of hydrazine groups is 1. The summed E-state index contributed by atoms with van der Waals surface area (Å²) in [7, 11) is 0. The van der Waals surface area contributed by atoms with Crippen molar-refractivity contribution < 1.29 is 0 Å². The molecule has 0 saturated carbocycles. The van der Waals surface area contributed by atoms with E-state index in [9.17, 15) is 0 Å². The SMILES string of the molecule is NNc1cc2c3ccccc3ccc2c2ccccc12. The van der Waals surface area contributed by atoms with Gasteiger partial charge in [0.25, 0.3) is 0 Å². The van der Waals surface area contributed by atoms with E-state index >= 15 is 0 Å². The van der Waals surface area contributed by atoms with Gasteiger partial charge in [0.1, 0.15) is 0 Å². The maximum Gasteiger partial charge on any atom is 0.0570 e. The van der Waals surface area contributed by atoms with E-state index in [1.807, 2.05) is 6.07 Å². The van der Waals surface area contributed by atoms with Crippen LogP contribution in [0.4, 0.5) is 5.69 Å². The number of benzene rings is 4. The molecule has 0 heterocycles. The van der Waals surface area contributed by atoms with Crippen LogP contribution in [-0.2, 0) is 0 Å². The summed E-state index contributed by atoms with van der Waals surface area (Å²) < 4.78 is 0. The fraction of sp³-hybridized carbons (Fsp3) is 0. The van der Waals surface area contributed by atoms with Crippen molar-refractivity contribution in [2.45, 2.75) is 0 Å². The van der Waals surface area contributed by atoms with Gasteiger partial charge in [-0.25, -0.2) is 0 Å². The number of nitrogen functional groups attached to an aromatic ring is 1. The van der Waals surface area contributed by atoms with Gasteiger partial charge in [0.2, 0.25) is 0 Å². The van der Waals surface area contributed by atoms with Crippen LogP contribution in [0.2, 0.25) is 0 Å². The zero-order chi connectivity index (χ0) is 13.5. The monoisotopic (exact) mass is 258 g/mol. The Morgan fingerprint density at radius 2 is 1.25 bits per heavy atom. The maximum absolute atomic E-state index is 5.70. The minimum atomic E-state index is 0.962. The van der Waals surface area contributed by atoms with Gasteiger partial charge in [-0.3, -0.25) is 5.84 Å². The Balaban J connectivity index is 2.30. The van der Waals surface area contributed by atoms with Crippen LogP contribution in [0.1, 0.15) is 0 Å². The molecule has 4 aromatic carbocycles. The molecule has 20 heavy (non-hydrogen) atoms. The Hall–Kier alpha value is -2.58. The molecule has 96 valence electrons. The van der Waals surface area contributed by atoms with E-state index in [2.05, 4.69) is 66.1 Å². The average Bonchev–Trinajstić information content (AvgIpc) is 2.53. The van der Waals surface area contributed by atoms with Gasteiger partial charge in [-0.05, 0) is 33.0 Å². The van der Waals surface area contributed by atoms with Crippen LogP contribution in [-0.4, -0.2) is 0 Å². The Morgan fingerprint density at radius 1 is 0.600 bits per heavy atom. The van der Waals surface area contributed by atoms with Gasteiger partial charge >= 0.3 is 0 Å². The molecule has 0 radical (unpaired) electrons. The lowest BCUT2D eigenvalue weighted by molar-refractivity contribution is 1.37. The third kappa shape index (κ3) is 1.49. The van der Waals surface area contributed by atoms with E-state index in [1.165, 1.54) is 26.9 Å². The average molecular weight is 258 g/mol. The molecule has 0 aliphatic carbocycles. The van der Waals surface area contributed by atoms with Crippen LogP contribution in [0, 0.1) is 0 Å². The molecular formula is C18H14N2. The molecule has 0 aliphatic heterocycles. The van der Waals surface area contributed by atoms with Crippen molar-refractivity contribution in [3.63, 3.8) is 0 Å². The van der Waals surface area contributed by atoms with Gasteiger partial charge in [-0.1, -0.05) is 60.7 Å². The van der Waals surface area contributed by atoms with E-state index in [0.717, 1.165) is 11.1 Å². The van der Waals surface area contributed by atoms with Gasteiger partial charge in [0, 0.05) is 5.39 Å². The van der Waals surface area contributed by atoms with Gasteiger partial charge in [-0.2, -0.15) is 0 Å². The van der Waals surface area contributed by atoms with Crippen molar-refractivity contribution in [3.8, 4) is 0 Å². The zero-order valence-corrected chi connectivity index (χ0v) is 10.9. The zero-order valence-electron chi connectivity index (χ0n) is 10.9. The first kappa shape index (κ1) is 11.3. The van der Waals surface area contributed by atoms with Crippen LogP contribution in [0.3, 0.4) is 0 Å². The normalized spacial score (nSPS) is 11.2. The Bertz CT molecular complexity index is 942. The molecule has 0 atom stereocenters. The highest BCUT2D eigenvalue weighted by molar-refractivity contribution is 6.20. The Labute approximate surface area is 116 Å². The van der Waals surface area contributed by atoms with Crippen LogP contribution in [0.5, 0.6) is 0 Å². The minimum Gasteiger partial charge on any atom is -0.323 e. The molecule has 0 aliphatic rings. The molecule has 2 nitrogen and oxygen atoms in total. The summed E-state index contributed by atoms with van der Waals surface area (Å²) in [4.78, 5) is 0. The lowest BCUT2D eigenvalue weighted by atomic mass is 9.96. The van der Waals surface area contributed by atoms with Crippen molar-refractivity contribution in [3.05, 3.63) is 66.7 Å². The summed E-state index contributed by atoms with van der Waals surface area (Å²) in [6.07, 6.45) is 0. The fourth-order valence-corrected chi connectivity index (χ4v) is 2.98. The number of hydrogen-bond acceptors (Lipinski definition) is 2. The molecule has 0 aromatic heterocycles. The smallest absolute Gasteiger partial charge is 0.0570 e. The molecule has 4 rings (SSSR count). The molecule has 0 saturated heterocycles. The van der Waals surface area contributed by atoms with E-state index in [-0.39, 0.29) is 0 Å². The highest BCUT2D eigenvalue weighted by Gasteiger charge is 2.07. The molecular weight excluding hydrogens is 244 g/mol. The summed E-state index contributed by atoms with van der Waals surface area (Å²) in [5.74, 6) is 5.70. The van der Waals surface area contributed by atoms with Gasteiger partial charge in [-0.15, -0.1) is 0 Å². The number of anilines is 1. The molecule has 2 heteroatoms. The second-order valence-corrected chi connectivity index (χ2v) is 5.00. The second-order valence-electron chi connectivity index (χ2n) is 5.00. The van der Waals surface area contributed by atoms with Crippen LogP contribution in [0.25, 0.3) is 32.3 Å². The van der Waals surface area contributed by atoms with Crippen LogP contribution in [0.15, 0.2) is 66.7 Å². The highest BCUT2D eigenvalue weighted by Crippen LogP contribution is 2.35. The quantitative estimate of drug-likeness (QED) is 0.301. The van der Waals surface area contributed by atoms with E-state index < -0.39 is 0 Å².